The maximum Gasteiger partial charge on any atom is 0.303 e. The van der Waals surface area contributed by atoms with Crippen LogP contribution in [0.4, 0.5) is 0 Å². The molecule has 1 aromatic rings. The quantitative estimate of drug-likeness (QED) is 0.619. The minimum absolute atomic E-state index is 0.0575. The smallest absolute Gasteiger partial charge is 0.303 e. The van der Waals surface area contributed by atoms with Gasteiger partial charge in [0.2, 0.25) is 0 Å². The highest BCUT2D eigenvalue weighted by Gasteiger charge is 2.16. The third kappa shape index (κ3) is 6.57. The maximum atomic E-state index is 12.2. The fraction of sp³-hybridized carbons (Fsp3) is 0.500. The van der Waals surface area contributed by atoms with Crippen molar-refractivity contribution in [1.82, 2.24) is 5.32 Å². The molecule has 0 saturated carbocycles. The Labute approximate surface area is 141 Å². The molecule has 0 atom stereocenters. The Morgan fingerprint density at radius 1 is 1.17 bits per heavy atom. The number of carboxylic acids is 1. The van der Waals surface area contributed by atoms with E-state index >= 15 is 0 Å². The van der Waals surface area contributed by atoms with Gasteiger partial charge in [-0.25, -0.2) is 8.42 Å². The topological polar surface area (TPSA) is 110 Å². The minimum atomic E-state index is -3.41. The van der Waals surface area contributed by atoms with E-state index in [1.165, 1.54) is 25.3 Å². The second-order valence-electron chi connectivity index (χ2n) is 5.45. The highest BCUT2D eigenvalue weighted by Crippen LogP contribution is 2.22. The average Bonchev–Trinajstić information content (AvgIpc) is 2.51. The van der Waals surface area contributed by atoms with Gasteiger partial charge >= 0.3 is 5.97 Å². The summed E-state index contributed by atoms with van der Waals surface area (Å²) in [4.78, 5) is 22.7. The molecule has 0 aromatic heterocycles. The molecule has 0 aliphatic rings. The number of sulfone groups is 1. The van der Waals surface area contributed by atoms with Gasteiger partial charge in [-0.15, -0.1) is 0 Å². The summed E-state index contributed by atoms with van der Waals surface area (Å²) in [5.41, 5.74) is 0.173. The summed E-state index contributed by atoms with van der Waals surface area (Å²) in [5.74, 6) is -0.898. The van der Waals surface area contributed by atoms with Crippen LogP contribution in [0.5, 0.6) is 5.75 Å². The fourth-order valence-corrected chi connectivity index (χ4v) is 2.79. The van der Waals surface area contributed by atoms with Crippen LogP contribution in [0.3, 0.4) is 0 Å². The summed E-state index contributed by atoms with van der Waals surface area (Å²) in [6, 6.07) is 4.15. The second kappa shape index (κ2) is 9.27. The molecule has 1 amide bonds. The van der Waals surface area contributed by atoms with Gasteiger partial charge in [-0.05, 0) is 31.0 Å². The summed E-state index contributed by atoms with van der Waals surface area (Å²) < 4.78 is 28.3. The first kappa shape index (κ1) is 20.0. The Morgan fingerprint density at radius 3 is 2.42 bits per heavy atom. The molecular weight excluding hydrogens is 334 g/mol. The molecule has 0 bridgehead atoms. The summed E-state index contributed by atoms with van der Waals surface area (Å²) in [5, 5.41) is 11.3. The van der Waals surface area contributed by atoms with Crippen LogP contribution in [0.15, 0.2) is 23.1 Å². The number of carboxylic acid groups (broad SMARTS) is 1. The molecule has 0 aliphatic heterocycles. The van der Waals surface area contributed by atoms with Gasteiger partial charge in [0.05, 0.1) is 17.6 Å². The van der Waals surface area contributed by atoms with Crippen molar-refractivity contribution in [2.24, 2.45) is 0 Å². The van der Waals surface area contributed by atoms with Crippen LogP contribution in [0, 0.1) is 0 Å². The third-order valence-electron chi connectivity index (χ3n) is 3.45. The highest BCUT2D eigenvalue weighted by atomic mass is 32.2. The number of nitrogens with one attached hydrogen (secondary N) is 1. The lowest BCUT2D eigenvalue weighted by Gasteiger charge is -2.11. The lowest BCUT2D eigenvalue weighted by molar-refractivity contribution is -0.137. The molecule has 1 rings (SSSR count). The van der Waals surface area contributed by atoms with Gasteiger partial charge in [0.15, 0.2) is 9.84 Å². The second-order valence-corrected chi connectivity index (χ2v) is 7.46. The van der Waals surface area contributed by atoms with Crippen molar-refractivity contribution < 1.29 is 27.9 Å². The van der Waals surface area contributed by atoms with Gasteiger partial charge in [-0.1, -0.05) is 12.8 Å². The number of amides is 1. The molecule has 24 heavy (non-hydrogen) atoms. The third-order valence-corrected chi connectivity index (χ3v) is 4.56. The Hall–Kier alpha value is -2.09. The van der Waals surface area contributed by atoms with Crippen LogP contribution in [0.25, 0.3) is 0 Å². The molecule has 2 N–H and O–H groups in total. The van der Waals surface area contributed by atoms with Crippen LogP contribution in [0.1, 0.15) is 42.5 Å². The highest BCUT2D eigenvalue weighted by molar-refractivity contribution is 7.90. The molecular formula is C16H23NO6S. The molecule has 0 spiro atoms. The molecule has 0 heterocycles. The standard InChI is InChI=1S/C16H23NO6S/c1-23-14-9-8-12(24(2,21)22)11-13(14)16(20)17-10-6-4-3-5-7-15(18)19/h8-9,11H,3-7,10H2,1-2H3,(H,17,20)(H,18,19). The molecule has 0 radical (unpaired) electrons. The van der Waals surface area contributed by atoms with E-state index in [-0.39, 0.29) is 16.9 Å². The van der Waals surface area contributed by atoms with Crippen molar-refractivity contribution in [1.29, 1.82) is 0 Å². The van der Waals surface area contributed by atoms with E-state index in [0.717, 1.165) is 25.5 Å². The first-order chi connectivity index (χ1) is 11.3. The summed E-state index contributed by atoms with van der Waals surface area (Å²) in [7, 11) is -2.00. The molecule has 0 unspecified atom stereocenters. The molecule has 8 heteroatoms. The summed E-state index contributed by atoms with van der Waals surface area (Å²) in [6.45, 7) is 0.429. The number of carbonyl (C=O) groups is 2. The SMILES string of the molecule is COc1ccc(S(C)(=O)=O)cc1C(=O)NCCCCCCC(=O)O. The fourth-order valence-electron chi connectivity index (χ4n) is 2.15. The number of carbonyl (C=O) groups excluding carboxylic acids is 1. The molecule has 134 valence electrons. The van der Waals surface area contributed by atoms with Crippen molar-refractivity contribution in [3.05, 3.63) is 23.8 Å². The van der Waals surface area contributed by atoms with Gasteiger partial charge in [0.25, 0.3) is 5.91 Å². The van der Waals surface area contributed by atoms with Gasteiger partial charge < -0.3 is 15.2 Å². The van der Waals surface area contributed by atoms with Gasteiger partial charge in [0, 0.05) is 19.2 Å². The number of hydrogen-bond acceptors (Lipinski definition) is 5. The lowest BCUT2D eigenvalue weighted by atomic mass is 10.1. The zero-order valence-corrected chi connectivity index (χ0v) is 14.7. The van der Waals surface area contributed by atoms with Crippen LogP contribution >= 0.6 is 0 Å². The zero-order chi connectivity index (χ0) is 18.2. The largest absolute Gasteiger partial charge is 0.496 e. The molecule has 7 nitrogen and oxygen atoms in total. The number of hydrogen-bond donors (Lipinski definition) is 2. The zero-order valence-electron chi connectivity index (χ0n) is 13.9. The van der Waals surface area contributed by atoms with Gasteiger partial charge in [-0.2, -0.15) is 0 Å². The minimum Gasteiger partial charge on any atom is -0.496 e. The van der Waals surface area contributed by atoms with Crippen molar-refractivity contribution >= 4 is 21.7 Å². The summed E-state index contributed by atoms with van der Waals surface area (Å²) >= 11 is 0. The first-order valence-electron chi connectivity index (χ1n) is 7.64. The number of aliphatic carboxylic acids is 1. The van der Waals surface area contributed by atoms with E-state index in [1.807, 2.05) is 0 Å². The van der Waals surface area contributed by atoms with E-state index < -0.39 is 21.7 Å². The Balaban J connectivity index is 2.56. The monoisotopic (exact) mass is 357 g/mol. The normalized spacial score (nSPS) is 11.1. The van der Waals surface area contributed by atoms with E-state index in [2.05, 4.69) is 5.32 Å². The van der Waals surface area contributed by atoms with Crippen molar-refractivity contribution in [3.63, 3.8) is 0 Å². The Morgan fingerprint density at radius 2 is 1.83 bits per heavy atom. The lowest BCUT2D eigenvalue weighted by Crippen LogP contribution is -2.25. The van der Waals surface area contributed by atoms with E-state index in [4.69, 9.17) is 9.84 Å². The molecule has 0 fully saturated rings. The predicted molar refractivity (Wildman–Crippen MR) is 89.2 cm³/mol. The van der Waals surface area contributed by atoms with Crippen molar-refractivity contribution in [3.8, 4) is 5.75 Å². The number of benzene rings is 1. The van der Waals surface area contributed by atoms with Crippen LogP contribution in [-0.2, 0) is 14.6 Å². The maximum absolute atomic E-state index is 12.2. The van der Waals surface area contributed by atoms with E-state index in [1.54, 1.807) is 0 Å². The number of ether oxygens (including phenoxy) is 1. The van der Waals surface area contributed by atoms with Gasteiger partial charge in [-0.3, -0.25) is 9.59 Å². The average molecular weight is 357 g/mol. The molecule has 0 aliphatic carbocycles. The molecule has 0 saturated heterocycles. The van der Waals surface area contributed by atoms with E-state index in [0.29, 0.717) is 18.7 Å². The van der Waals surface area contributed by atoms with Crippen LogP contribution in [-0.4, -0.2) is 45.3 Å². The Bertz CT molecular complexity index is 684. The number of rotatable bonds is 10. The first-order valence-corrected chi connectivity index (χ1v) is 9.53. The van der Waals surface area contributed by atoms with Crippen LogP contribution in [0.2, 0.25) is 0 Å². The molecule has 1 aromatic carbocycles. The summed E-state index contributed by atoms with van der Waals surface area (Å²) in [6.07, 6.45) is 4.17. The predicted octanol–water partition coefficient (Wildman–Crippen LogP) is 1.86. The number of methoxy groups -OCH3 is 1. The van der Waals surface area contributed by atoms with Crippen LogP contribution < -0.4 is 10.1 Å². The van der Waals surface area contributed by atoms with Gasteiger partial charge in [0.1, 0.15) is 5.75 Å². The number of unbranched alkanes of at least 4 members (excludes halogenated alkanes) is 3. The van der Waals surface area contributed by atoms with E-state index in [9.17, 15) is 18.0 Å². The van der Waals surface area contributed by atoms with Crippen molar-refractivity contribution in [2.45, 2.75) is 37.0 Å². The Kier molecular flexibility index (Phi) is 7.70. The van der Waals surface area contributed by atoms with Crippen molar-refractivity contribution in [2.75, 3.05) is 19.9 Å².